The Morgan fingerprint density at radius 3 is 2.50 bits per heavy atom. The van der Waals surface area contributed by atoms with Crippen LogP contribution in [0.5, 0.6) is 0 Å². The molecule has 3 rings (SSSR count). The number of nitrogens with one attached hydrogen (secondary N) is 1. The first-order chi connectivity index (χ1) is 11.4. The number of rotatable bonds is 5. The van der Waals surface area contributed by atoms with Gasteiger partial charge in [-0.25, -0.2) is 18.1 Å². The summed E-state index contributed by atoms with van der Waals surface area (Å²) in [5.41, 5.74) is 1.39. The number of hydrogen-bond donors (Lipinski definition) is 1. The van der Waals surface area contributed by atoms with Crippen LogP contribution in [0.15, 0.2) is 60.0 Å². The van der Waals surface area contributed by atoms with Crippen LogP contribution in [0.1, 0.15) is 5.56 Å². The Bertz CT molecular complexity index is 942. The molecule has 0 unspecified atom stereocenters. The lowest BCUT2D eigenvalue weighted by molar-refractivity contribution is 0.601. The van der Waals surface area contributed by atoms with Crippen molar-refractivity contribution in [2.24, 2.45) is 0 Å². The number of benzene rings is 2. The van der Waals surface area contributed by atoms with Crippen LogP contribution in [0.3, 0.4) is 0 Å². The maximum atomic E-state index is 12.4. The van der Waals surface area contributed by atoms with Gasteiger partial charge in [0.1, 0.15) is 17.6 Å². The molecule has 1 aromatic heterocycles. The largest absolute Gasteiger partial charge is 0.280 e. The van der Waals surface area contributed by atoms with E-state index in [1.54, 1.807) is 35.3 Å². The standard InChI is InChI=1S/C15H12Cl2N4O2S/c16-12-3-6-14(17)15(7-12)24(22,23)20-13-4-1-11(2-5-13)8-21-10-18-9-19-21/h1-7,9-10,20H,8H2. The second-order valence-corrected chi connectivity index (χ2v) is 7.46. The van der Waals surface area contributed by atoms with Gasteiger partial charge < -0.3 is 0 Å². The Morgan fingerprint density at radius 1 is 1.08 bits per heavy atom. The van der Waals surface area contributed by atoms with Crippen molar-refractivity contribution in [3.05, 3.63) is 70.7 Å². The molecule has 0 atom stereocenters. The Morgan fingerprint density at radius 2 is 1.83 bits per heavy atom. The molecule has 1 heterocycles. The quantitative estimate of drug-likeness (QED) is 0.732. The van der Waals surface area contributed by atoms with E-state index in [0.717, 1.165) is 5.56 Å². The lowest BCUT2D eigenvalue weighted by Gasteiger charge is -2.10. The summed E-state index contributed by atoms with van der Waals surface area (Å²) in [5.74, 6) is 0. The molecule has 0 spiro atoms. The molecule has 0 aliphatic rings. The van der Waals surface area contributed by atoms with Gasteiger partial charge in [0.05, 0.1) is 11.6 Å². The van der Waals surface area contributed by atoms with Crippen LogP contribution >= 0.6 is 23.2 Å². The lowest BCUT2D eigenvalue weighted by Crippen LogP contribution is -2.13. The zero-order valence-corrected chi connectivity index (χ0v) is 14.6. The minimum atomic E-state index is -3.82. The van der Waals surface area contributed by atoms with Gasteiger partial charge >= 0.3 is 0 Å². The van der Waals surface area contributed by atoms with Crippen molar-refractivity contribution in [1.82, 2.24) is 14.8 Å². The maximum Gasteiger partial charge on any atom is 0.263 e. The number of hydrogen-bond acceptors (Lipinski definition) is 4. The van der Waals surface area contributed by atoms with Gasteiger partial charge in [-0.05, 0) is 35.9 Å². The average molecular weight is 383 g/mol. The van der Waals surface area contributed by atoms with Crippen molar-refractivity contribution in [2.45, 2.75) is 11.4 Å². The Kier molecular flexibility index (Phi) is 4.75. The summed E-state index contributed by atoms with van der Waals surface area (Å²) in [6, 6.07) is 11.2. The van der Waals surface area contributed by atoms with Crippen molar-refractivity contribution < 1.29 is 8.42 Å². The molecular formula is C15H12Cl2N4O2S. The first-order valence-electron chi connectivity index (χ1n) is 6.83. The van der Waals surface area contributed by atoms with Crippen molar-refractivity contribution in [3.63, 3.8) is 0 Å². The highest BCUT2D eigenvalue weighted by molar-refractivity contribution is 7.92. The van der Waals surface area contributed by atoms with Gasteiger partial charge in [-0.15, -0.1) is 0 Å². The van der Waals surface area contributed by atoms with Crippen molar-refractivity contribution in [3.8, 4) is 0 Å². The van der Waals surface area contributed by atoms with E-state index in [4.69, 9.17) is 23.2 Å². The van der Waals surface area contributed by atoms with Crippen LogP contribution < -0.4 is 4.72 Å². The summed E-state index contributed by atoms with van der Waals surface area (Å²) in [4.78, 5) is 3.80. The van der Waals surface area contributed by atoms with E-state index < -0.39 is 10.0 Å². The Hall–Kier alpha value is -2.09. The molecule has 0 bridgehead atoms. The molecule has 0 saturated carbocycles. The van der Waals surface area contributed by atoms with Crippen LogP contribution in [0.25, 0.3) is 0 Å². The molecule has 124 valence electrons. The molecule has 2 aromatic carbocycles. The van der Waals surface area contributed by atoms with Gasteiger partial charge in [0, 0.05) is 10.7 Å². The van der Waals surface area contributed by atoms with E-state index in [2.05, 4.69) is 14.8 Å². The molecule has 0 saturated heterocycles. The van der Waals surface area contributed by atoms with Crippen molar-refractivity contribution in [1.29, 1.82) is 0 Å². The molecule has 0 aliphatic heterocycles. The smallest absolute Gasteiger partial charge is 0.263 e. The monoisotopic (exact) mass is 382 g/mol. The fourth-order valence-electron chi connectivity index (χ4n) is 2.07. The summed E-state index contributed by atoms with van der Waals surface area (Å²) in [5, 5.41) is 4.42. The number of nitrogens with zero attached hydrogens (tertiary/aromatic N) is 3. The van der Waals surface area contributed by atoms with E-state index >= 15 is 0 Å². The van der Waals surface area contributed by atoms with E-state index in [-0.39, 0.29) is 9.92 Å². The summed E-state index contributed by atoms with van der Waals surface area (Å²) in [6.45, 7) is 0.549. The minimum absolute atomic E-state index is 0.0663. The Balaban J connectivity index is 1.79. The highest BCUT2D eigenvalue weighted by Crippen LogP contribution is 2.26. The van der Waals surface area contributed by atoms with E-state index in [9.17, 15) is 8.42 Å². The van der Waals surface area contributed by atoms with Gasteiger partial charge in [0.25, 0.3) is 10.0 Å². The van der Waals surface area contributed by atoms with Crippen molar-refractivity contribution in [2.75, 3.05) is 4.72 Å². The summed E-state index contributed by atoms with van der Waals surface area (Å²) in [6.07, 6.45) is 3.06. The van der Waals surface area contributed by atoms with Crippen molar-refractivity contribution >= 4 is 38.9 Å². The minimum Gasteiger partial charge on any atom is -0.280 e. The van der Waals surface area contributed by atoms with E-state index in [0.29, 0.717) is 17.3 Å². The van der Waals surface area contributed by atoms with Crippen LogP contribution in [-0.2, 0) is 16.6 Å². The van der Waals surface area contributed by atoms with Gasteiger partial charge in [-0.2, -0.15) is 5.10 Å². The third-order valence-corrected chi connectivity index (χ3v) is 5.30. The van der Waals surface area contributed by atoms with Crippen LogP contribution in [0.4, 0.5) is 5.69 Å². The highest BCUT2D eigenvalue weighted by Gasteiger charge is 2.18. The topological polar surface area (TPSA) is 76.9 Å². The molecule has 0 amide bonds. The summed E-state index contributed by atoms with van der Waals surface area (Å²) < 4.78 is 29.0. The van der Waals surface area contributed by atoms with Gasteiger partial charge in [-0.1, -0.05) is 35.3 Å². The fourth-order valence-corrected chi connectivity index (χ4v) is 3.90. The lowest BCUT2D eigenvalue weighted by atomic mass is 10.2. The van der Waals surface area contributed by atoms with E-state index in [1.807, 2.05) is 0 Å². The third kappa shape index (κ3) is 3.87. The van der Waals surface area contributed by atoms with Gasteiger partial charge in [0.2, 0.25) is 0 Å². The molecule has 6 nitrogen and oxygen atoms in total. The SMILES string of the molecule is O=S(=O)(Nc1ccc(Cn2cncn2)cc1)c1cc(Cl)ccc1Cl. The molecule has 0 radical (unpaired) electrons. The van der Waals surface area contributed by atoms with Crippen LogP contribution in [-0.4, -0.2) is 23.2 Å². The second-order valence-electron chi connectivity index (χ2n) is 4.97. The normalized spacial score (nSPS) is 11.4. The molecule has 24 heavy (non-hydrogen) atoms. The predicted molar refractivity (Wildman–Crippen MR) is 92.8 cm³/mol. The Labute approximate surface area is 149 Å². The highest BCUT2D eigenvalue weighted by atomic mass is 35.5. The molecule has 0 fully saturated rings. The zero-order chi connectivity index (χ0) is 17.2. The molecule has 9 heteroatoms. The van der Waals surface area contributed by atoms with Gasteiger partial charge in [0.15, 0.2) is 0 Å². The molecule has 1 N–H and O–H groups in total. The molecule has 3 aromatic rings. The first kappa shape index (κ1) is 16.8. The van der Waals surface area contributed by atoms with Gasteiger partial charge in [-0.3, -0.25) is 4.72 Å². The third-order valence-electron chi connectivity index (χ3n) is 3.20. The number of sulfonamides is 1. The fraction of sp³-hybridized carbons (Fsp3) is 0.0667. The maximum absolute atomic E-state index is 12.4. The molecule has 0 aliphatic carbocycles. The number of anilines is 1. The second kappa shape index (κ2) is 6.80. The molecular weight excluding hydrogens is 371 g/mol. The number of aromatic nitrogens is 3. The number of halogens is 2. The van der Waals surface area contributed by atoms with Crippen LogP contribution in [0.2, 0.25) is 10.0 Å². The van der Waals surface area contributed by atoms with E-state index in [1.165, 1.54) is 24.5 Å². The van der Waals surface area contributed by atoms with Crippen LogP contribution in [0, 0.1) is 0 Å². The predicted octanol–water partition coefficient (Wildman–Crippen LogP) is 3.43. The zero-order valence-electron chi connectivity index (χ0n) is 12.2. The summed E-state index contributed by atoms with van der Waals surface area (Å²) >= 11 is 11.8. The average Bonchev–Trinajstić information content (AvgIpc) is 3.04. The first-order valence-corrected chi connectivity index (χ1v) is 9.07. The summed E-state index contributed by atoms with van der Waals surface area (Å²) in [7, 11) is -3.82.